The molecule has 0 spiro atoms. The molecule has 2 atom stereocenters. The van der Waals surface area contributed by atoms with E-state index in [1.54, 1.807) is 10.9 Å². The SMILES string of the molecule is CCC(CO)OC(C)n1cnc2c(N)nc(Cl)nc21. The van der Waals surface area contributed by atoms with Crippen LogP contribution >= 0.6 is 11.6 Å². The van der Waals surface area contributed by atoms with Gasteiger partial charge in [0.1, 0.15) is 11.7 Å². The van der Waals surface area contributed by atoms with Crippen LogP contribution in [0, 0.1) is 0 Å². The Kier molecular flexibility index (Phi) is 4.18. The number of nitrogens with two attached hydrogens (primary N) is 1. The van der Waals surface area contributed by atoms with E-state index in [2.05, 4.69) is 15.0 Å². The van der Waals surface area contributed by atoms with Crippen LogP contribution in [0.1, 0.15) is 26.5 Å². The summed E-state index contributed by atoms with van der Waals surface area (Å²) in [6.45, 7) is 3.74. The number of anilines is 1. The summed E-state index contributed by atoms with van der Waals surface area (Å²) in [5.41, 5.74) is 6.73. The number of nitrogens with zero attached hydrogens (tertiary/aromatic N) is 4. The van der Waals surface area contributed by atoms with E-state index in [1.165, 1.54) is 0 Å². The first kappa shape index (κ1) is 14.0. The quantitative estimate of drug-likeness (QED) is 0.805. The Labute approximate surface area is 115 Å². The second-order valence-corrected chi connectivity index (χ2v) is 4.49. The van der Waals surface area contributed by atoms with Crippen LogP contribution in [0.5, 0.6) is 0 Å². The van der Waals surface area contributed by atoms with Gasteiger partial charge in [0, 0.05) is 0 Å². The molecular formula is C11H16ClN5O2. The Hall–Kier alpha value is -1.44. The van der Waals surface area contributed by atoms with Gasteiger partial charge in [-0.3, -0.25) is 4.57 Å². The predicted octanol–water partition coefficient (Wildman–Crippen LogP) is 1.37. The van der Waals surface area contributed by atoms with E-state index in [-0.39, 0.29) is 30.0 Å². The predicted molar refractivity (Wildman–Crippen MR) is 71.7 cm³/mol. The van der Waals surface area contributed by atoms with Crippen LogP contribution in [-0.2, 0) is 4.74 Å². The third kappa shape index (κ3) is 2.78. The maximum absolute atomic E-state index is 9.16. The van der Waals surface area contributed by atoms with Gasteiger partial charge >= 0.3 is 0 Å². The monoisotopic (exact) mass is 285 g/mol. The number of aliphatic hydroxyl groups is 1. The molecule has 0 amide bonds. The van der Waals surface area contributed by atoms with Crippen molar-refractivity contribution in [2.45, 2.75) is 32.6 Å². The van der Waals surface area contributed by atoms with E-state index in [0.717, 1.165) is 0 Å². The van der Waals surface area contributed by atoms with E-state index in [4.69, 9.17) is 27.2 Å². The van der Waals surface area contributed by atoms with Crippen LogP contribution < -0.4 is 5.73 Å². The summed E-state index contributed by atoms with van der Waals surface area (Å²) < 4.78 is 7.42. The second-order valence-electron chi connectivity index (χ2n) is 4.15. The Bertz CT molecular complexity index is 569. The van der Waals surface area contributed by atoms with Crippen LogP contribution in [0.3, 0.4) is 0 Å². The number of ether oxygens (including phenoxy) is 1. The molecule has 2 unspecified atom stereocenters. The topological polar surface area (TPSA) is 99.1 Å². The molecule has 8 heteroatoms. The van der Waals surface area contributed by atoms with Crippen LogP contribution in [0.25, 0.3) is 11.2 Å². The van der Waals surface area contributed by atoms with Crippen molar-refractivity contribution < 1.29 is 9.84 Å². The van der Waals surface area contributed by atoms with E-state index in [0.29, 0.717) is 17.6 Å². The normalized spacial score (nSPS) is 14.7. The third-order valence-electron chi connectivity index (χ3n) is 2.86. The summed E-state index contributed by atoms with van der Waals surface area (Å²) in [5, 5.41) is 9.22. The van der Waals surface area contributed by atoms with Gasteiger partial charge in [-0.15, -0.1) is 0 Å². The van der Waals surface area contributed by atoms with Gasteiger partial charge in [-0.25, -0.2) is 4.98 Å². The minimum Gasteiger partial charge on any atom is -0.394 e. The van der Waals surface area contributed by atoms with Crippen molar-refractivity contribution in [1.82, 2.24) is 19.5 Å². The van der Waals surface area contributed by atoms with Crippen molar-refractivity contribution in [3.8, 4) is 0 Å². The van der Waals surface area contributed by atoms with Crippen molar-refractivity contribution in [3.63, 3.8) is 0 Å². The minimum atomic E-state index is -0.340. The maximum Gasteiger partial charge on any atom is 0.226 e. The molecule has 0 saturated carbocycles. The largest absolute Gasteiger partial charge is 0.394 e. The van der Waals surface area contributed by atoms with Gasteiger partial charge in [0.15, 0.2) is 11.5 Å². The second kappa shape index (κ2) is 5.68. The molecule has 7 nitrogen and oxygen atoms in total. The summed E-state index contributed by atoms with van der Waals surface area (Å²) in [5.74, 6) is 0.232. The lowest BCUT2D eigenvalue weighted by atomic mass is 10.3. The Morgan fingerprint density at radius 3 is 2.89 bits per heavy atom. The zero-order valence-electron chi connectivity index (χ0n) is 10.7. The number of aliphatic hydroxyl groups excluding tert-OH is 1. The highest BCUT2D eigenvalue weighted by atomic mass is 35.5. The number of hydrogen-bond donors (Lipinski definition) is 2. The first-order valence-corrected chi connectivity index (χ1v) is 6.36. The lowest BCUT2D eigenvalue weighted by Crippen LogP contribution is -2.21. The van der Waals surface area contributed by atoms with Crippen LogP contribution in [0.2, 0.25) is 5.28 Å². The zero-order chi connectivity index (χ0) is 14.0. The molecule has 0 radical (unpaired) electrons. The van der Waals surface area contributed by atoms with Crippen LogP contribution in [-0.4, -0.2) is 37.3 Å². The number of fused-ring (bicyclic) bond motifs is 1. The van der Waals surface area contributed by atoms with Gasteiger partial charge in [-0.05, 0) is 24.9 Å². The van der Waals surface area contributed by atoms with Gasteiger partial charge in [-0.1, -0.05) is 6.92 Å². The van der Waals surface area contributed by atoms with E-state index >= 15 is 0 Å². The zero-order valence-corrected chi connectivity index (χ0v) is 11.5. The number of imidazole rings is 1. The van der Waals surface area contributed by atoms with Gasteiger partial charge in [0.25, 0.3) is 0 Å². The van der Waals surface area contributed by atoms with Crippen molar-refractivity contribution in [2.75, 3.05) is 12.3 Å². The summed E-state index contributed by atoms with van der Waals surface area (Å²) in [6, 6.07) is 0. The fourth-order valence-electron chi connectivity index (χ4n) is 1.79. The maximum atomic E-state index is 9.16. The molecule has 0 bridgehead atoms. The van der Waals surface area contributed by atoms with Gasteiger partial charge in [0.05, 0.1) is 19.0 Å². The average molecular weight is 286 g/mol. The first-order chi connectivity index (χ1) is 9.06. The average Bonchev–Trinajstić information content (AvgIpc) is 2.79. The molecule has 2 heterocycles. The van der Waals surface area contributed by atoms with E-state index in [1.807, 2.05) is 13.8 Å². The van der Waals surface area contributed by atoms with Gasteiger partial charge < -0.3 is 15.6 Å². The molecule has 2 aromatic rings. The first-order valence-electron chi connectivity index (χ1n) is 5.98. The molecular weight excluding hydrogens is 270 g/mol. The lowest BCUT2D eigenvalue weighted by Gasteiger charge is -2.20. The summed E-state index contributed by atoms with van der Waals surface area (Å²) in [4.78, 5) is 12.1. The molecule has 0 aliphatic rings. The Morgan fingerprint density at radius 1 is 1.53 bits per heavy atom. The molecule has 2 rings (SSSR count). The van der Waals surface area contributed by atoms with Crippen molar-refractivity contribution in [2.24, 2.45) is 0 Å². The summed E-state index contributed by atoms with van der Waals surface area (Å²) in [7, 11) is 0. The number of aromatic nitrogens is 4. The third-order valence-corrected chi connectivity index (χ3v) is 3.03. The molecule has 0 aliphatic carbocycles. The molecule has 19 heavy (non-hydrogen) atoms. The standard InChI is InChI=1S/C11H16ClN5O2/c1-3-7(4-18)19-6(2)17-5-14-8-9(13)15-11(12)16-10(8)17/h5-7,18H,3-4H2,1-2H3,(H2,13,15,16). The number of halogens is 1. The summed E-state index contributed by atoms with van der Waals surface area (Å²) in [6.07, 6.45) is 1.71. The summed E-state index contributed by atoms with van der Waals surface area (Å²) >= 11 is 5.79. The number of rotatable bonds is 5. The van der Waals surface area contributed by atoms with Crippen molar-refractivity contribution in [1.29, 1.82) is 0 Å². The minimum absolute atomic E-state index is 0.0364. The highest BCUT2D eigenvalue weighted by Crippen LogP contribution is 2.22. The molecule has 0 saturated heterocycles. The van der Waals surface area contributed by atoms with Crippen LogP contribution in [0.15, 0.2) is 6.33 Å². The lowest BCUT2D eigenvalue weighted by molar-refractivity contribution is -0.0647. The fourth-order valence-corrected chi connectivity index (χ4v) is 1.96. The molecule has 2 aromatic heterocycles. The fraction of sp³-hybridized carbons (Fsp3) is 0.545. The smallest absolute Gasteiger partial charge is 0.226 e. The molecule has 0 fully saturated rings. The Balaban J connectivity index is 2.34. The van der Waals surface area contributed by atoms with Gasteiger partial charge in [-0.2, -0.15) is 9.97 Å². The van der Waals surface area contributed by atoms with E-state index in [9.17, 15) is 0 Å². The Morgan fingerprint density at radius 2 is 2.26 bits per heavy atom. The molecule has 0 aromatic carbocycles. The highest BCUT2D eigenvalue weighted by Gasteiger charge is 2.17. The van der Waals surface area contributed by atoms with E-state index < -0.39 is 0 Å². The van der Waals surface area contributed by atoms with Crippen molar-refractivity contribution in [3.05, 3.63) is 11.6 Å². The van der Waals surface area contributed by atoms with Crippen LogP contribution in [0.4, 0.5) is 5.82 Å². The highest BCUT2D eigenvalue weighted by molar-refractivity contribution is 6.28. The molecule has 104 valence electrons. The van der Waals surface area contributed by atoms with Crippen molar-refractivity contribution >= 4 is 28.6 Å². The number of nitrogen functional groups attached to an aromatic ring is 1. The number of hydrogen-bond acceptors (Lipinski definition) is 6. The molecule has 0 aliphatic heterocycles. The van der Waals surface area contributed by atoms with Gasteiger partial charge in [0.2, 0.25) is 5.28 Å². The molecule has 3 N–H and O–H groups in total.